The molecule has 1 saturated heterocycles. The molecule has 2 atom stereocenters. The lowest BCUT2D eigenvalue weighted by Crippen LogP contribution is -2.42. The molecule has 168 valence electrons. The lowest BCUT2D eigenvalue weighted by Gasteiger charge is -2.28. The normalized spacial score (nSPS) is 21.9. The van der Waals surface area contributed by atoms with E-state index in [4.69, 9.17) is 16.2 Å². The summed E-state index contributed by atoms with van der Waals surface area (Å²) in [7, 11) is 0. The molecule has 8 heteroatoms. The standard InChI is InChI=1S/C24H29N5O2S/c1-13-4-7-17-20(26)21(32-23(17)27-13)22(30)28-15-8-14-5-6-16(9-18(14)31-11-15)29-10-19(25)24(2,3)12-29/h4-7,9,15,19H,8,10-12,25-26H2,1-3H3,(H,28,30)/t15-,19-/m1/s1. The van der Waals surface area contributed by atoms with Crippen molar-refractivity contribution in [2.24, 2.45) is 11.1 Å². The van der Waals surface area contributed by atoms with Gasteiger partial charge in [0.2, 0.25) is 0 Å². The summed E-state index contributed by atoms with van der Waals surface area (Å²) in [6.07, 6.45) is 0.717. The summed E-state index contributed by atoms with van der Waals surface area (Å²) >= 11 is 1.33. The Hall–Kier alpha value is -2.84. The Labute approximate surface area is 191 Å². The number of thiophene rings is 1. The number of pyridine rings is 1. The van der Waals surface area contributed by atoms with Crippen molar-refractivity contribution in [2.45, 2.75) is 39.3 Å². The summed E-state index contributed by atoms with van der Waals surface area (Å²) in [6.45, 7) is 8.54. The zero-order valence-electron chi connectivity index (χ0n) is 18.6. The van der Waals surface area contributed by atoms with Crippen LogP contribution in [0, 0.1) is 12.3 Å². The van der Waals surface area contributed by atoms with Crippen LogP contribution in [0.2, 0.25) is 0 Å². The lowest BCUT2D eigenvalue weighted by molar-refractivity contribution is 0.0920. The van der Waals surface area contributed by atoms with Gasteiger partial charge >= 0.3 is 0 Å². The number of benzene rings is 1. The van der Waals surface area contributed by atoms with Crippen molar-refractivity contribution in [3.05, 3.63) is 46.5 Å². The molecule has 4 heterocycles. The smallest absolute Gasteiger partial charge is 0.263 e. The second-order valence-corrected chi connectivity index (χ2v) is 10.6. The number of nitrogens with zero attached hydrogens (tertiary/aromatic N) is 2. The van der Waals surface area contributed by atoms with Crippen LogP contribution >= 0.6 is 11.3 Å². The van der Waals surface area contributed by atoms with Crippen molar-refractivity contribution in [1.82, 2.24) is 10.3 Å². The topological polar surface area (TPSA) is 106 Å². The predicted octanol–water partition coefficient (Wildman–Crippen LogP) is 3.09. The minimum Gasteiger partial charge on any atom is -0.491 e. The summed E-state index contributed by atoms with van der Waals surface area (Å²) in [5.74, 6) is 0.706. The van der Waals surface area contributed by atoms with Gasteiger partial charge in [-0.25, -0.2) is 4.98 Å². The third-order valence-electron chi connectivity index (χ3n) is 6.62. The van der Waals surface area contributed by atoms with E-state index in [9.17, 15) is 4.79 Å². The Morgan fingerprint density at radius 3 is 2.88 bits per heavy atom. The largest absolute Gasteiger partial charge is 0.491 e. The molecular formula is C24H29N5O2S. The quantitative estimate of drug-likeness (QED) is 0.565. The van der Waals surface area contributed by atoms with Gasteiger partial charge in [-0.2, -0.15) is 0 Å². The van der Waals surface area contributed by atoms with Crippen LogP contribution in [-0.2, 0) is 6.42 Å². The SMILES string of the molecule is Cc1ccc2c(N)c(C(=O)N[C@H]3COc4cc(N5C[C@@H](N)C(C)(C)C5)ccc4C3)sc2n1. The number of ether oxygens (including phenoxy) is 1. The van der Waals surface area contributed by atoms with Crippen LogP contribution in [0.3, 0.4) is 0 Å². The van der Waals surface area contributed by atoms with Crippen LogP contribution in [-0.4, -0.2) is 42.7 Å². The van der Waals surface area contributed by atoms with Gasteiger partial charge in [0.05, 0.1) is 11.7 Å². The van der Waals surface area contributed by atoms with E-state index >= 15 is 0 Å². The molecule has 0 bridgehead atoms. The Morgan fingerprint density at radius 2 is 2.12 bits per heavy atom. The fourth-order valence-electron chi connectivity index (χ4n) is 4.51. The number of fused-ring (bicyclic) bond motifs is 2. The van der Waals surface area contributed by atoms with Crippen molar-refractivity contribution in [3.63, 3.8) is 0 Å². The molecule has 5 rings (SSSR count). The Kier molecular flexibility index (Phi) is 5.02. The minimum absolute atomic E-state index is 0.0921. The van der Waals surface area contributed by atoms with Gasteiger partial charge in [-0.15, -0.1) is 11.3 Å². The molecule has 2 aliphatic rings. The average Bonchev–Trinajstić information content (AvgIpc) is 3.22. The average molecular weight is 452 g/mol. The second-order valence-electron chi connectivity index (χ2n) is 9.60. The zero-order chi connectivity index (χ0) is 22.6. The molecule has 2 aliphatic heterocycles. The van der Waals surface area contributed by atoms with Crippen molar-refractivity contribution in [1.29, 1.82) is 0 Å². The molecule has 1 fully saturated rings. The highest BCUT2D eigenvalue weighted by Crippen LogP contribution is 2.36. The summed E-state index contributed by atoms with van der Waals surface area (Å²) in [5.41, 5.74) is 16.3. The van der Waals surface area contributed by atoms with Gasteiger partial charge < -0.3 is 26.4 Å². The van der Waals surface area contributed by atoms with E-state index in [0.29, 0.717) is 23.6 Å². The van der Waals surface area contributed by atoms with Crippen molar-refractivity contribution in [2.75, 3.05) is 30.3 Å². The predicted molar refractivity (Wildman–Crippen MR) is 130 cm³/mol. The minimum atomic E-state index is -0.176. The first-order valence-electron chi connectivity index (χ1n) is 10.9. The van der Waals surface area contributed by atoms with Gasteiger partial charge in [-0.1, -0.05) is 19.9 Å². The van der Waals surface area contributed by atoms with E-state index < -0.39 is 0 Å². The summed E-state index contributed by atoms with van der Waals surface area (Å²) in [4.78, 5) is 21.0. The van der Waals surface area contributed by atoms with E-state index in [1.54, 1.807) is 0 Å². The monoisotopic (exact) mass is 451 g/mol. The molecule has 0 unspecified atom stereocenters. The zero-order valence-corrected chi connectivity index (χ0v) is 19.5. The van der Waals surface area contributed by atoms with Gasteiger partial charge in [-0.3, -0.25) is 4.79 Å². The maximum atomic E-state index is 12.9. The number of carbonyl (C=O) groups is 1. The van der Waals surface area contributed by atoms with Crippen LogP contribution in [0.15, 0.2) is 30.3 Å². The first-order chi connectivity index (χ1) is 15.2. The molecule has 2 aromatic heterocycles. The second kappa shape index (κ2) is 7.64. The maximum Gasteiger partial charge on any atom is 0.263 e. The number of nitrogens with two attached hydrogens (primary N) is 2. The molecule has 7 nitrogen and oxygen atoms in total. The number of amides is 1. The summed E-state index contributed by atoms with van der Waals surface area (Å²) < 4.78 is 6.04. The van der Waals surface area contributed by atoms with Gasteiger partial charge in [0.15, 0.2) is 0 Å². The van der Waals surface area contributed by atoms with E-state index in [1.165, 1.54) is 11.3 Å². The third kappa shape index (κ3) is 3.67. The number of rotatable bonds is 3. The highest BCUT2D eigenvalue weighted by molar-refractivity contribution is 7.21. The highest BCUT2D eigenvalue weighted by atomic mass is 32.1. The lowest BCUT2D eigenvalue weighted by atomic mass is 9.89. The number of hydrogen-bond acceptors (Lipinski definition) is 7. The van der Waals surface area contributed by atoms with E-state index in [1.807, 2.05) is 19.1 Å². The Balaban J connectivity index is 1.29. The molecule has 0 aliphatic carbocycles. The van der Waals surface area contributed by atoms with Gasteiger partial charge in [0, 0.05) is 42.0 Å². The fraction of sp³-hybridized carbons (Fsp3) is 0.417. The first-order valence-corrected chi connectivity index (χ1v) is 11.8. The van der Waals surface area contributed by atoms with Crippen LogP contribution in [0.5, 0.6) is 5.75 Å². The van der Waals surface area contributed by atoms with Crippen LogP contribution in [0.1, 0.15) is 34.8 Å². The summed E-state index contributed by atoms with van der Waals surface area (Å²) in [5, 5.41) is 3.92. The molecule has 0 spiro atoms. The van der Waals surface area contributed by atoms with Crippen molar-refractivity contribution in [3.8, 4) is 5.75 Å². The molecule has 3 aromatic rings. The van der Waals surface area contributed by atoms with Gasteiger partial charge in [0.1, 0.15) is 22.1 Å². The van der Waals surface area contributed by atoms with Gasteiger partial charge in [0.25, 0.3) is 5.91 Å². The summed E-state index contributed by atoms with van der Waals surface area (Å²) in [6, 6.07) is 10.2. The van der Waals surface area contributed by atoms with Crippen LogP contribution in [0.4, 0.5) is 11.4 Å². The number of nitrogen functional groups attached to an aromatic ring is 1. The highest BCUT2D eigenvalue weighted by Gasteiger charge is 2.37. The number of aryl methyl sites for hydroxylation is 1. The number of anilines is 2. The van der Waals surface area contributed by atoms with E-state index in [2.05, 4.69) is 47.2 Å². The Bertz CT molecular complexity index is 1200. The van der Waals surface area contributed by atoms with Crippen molar-refractivity contribution >= 4 is 38.8 Å². The van der Waals surface area contributed by atoms with E-state index in [0.717, 1.165) is 46.0 Å². The molecule has 5 N–H and O–H groups in total. The maximum absolute atomic E-state index is 12.9. The molecule has 1 aromatic carbocycles. The number of nitrogens with one attached hydrogen (secondary N) is 1. The van der Waals surface area contributed by atoms with Gasteiger partial charge in [-0.05, 0) is 42.5 Å². The molecule has 0 saturated carbocycles. The molecule has 1 amide bonds. The number of hydrogen-bond donors (Lipinski definition) is 3. The third-order valence-corrected chi connectivity index (χ3v) is 7.73. The fourth-order valence-corrected chi connectivity index (χ4v) is 5.56. The van der Waals surface area contributed by atoms with Crippen molar-refractivity contribution < 1.29 is 9.53 Å². The number of carbonyl (C=O) groups excluding carboxylic acids is 1. The van der Waals surface area contributed by atoms with Crippen LogP contribution in [0.25, 0.3) is 10.2 Å². The Morgan fingerprint density at radius 1 is 1.31 bits per heavy atom. The molecule has 32 heavy (non-hydrogen) atoms. The number of aromatic nitrogens is 1. The molecule has 0 radical (unpaired) electrons. The van der Waals surface area contributed by atoms with Crippen LogP contribution < -0.4 is 26.4 Å². The van der Waals surface area contributed by atoms with E-state index in [-0.39, 0.29) is 23.4 Å². The molecular weight excluding hydrogens is 422 g/mol. The first kappa shape index (κ1) is 21.0.